The number of nitrogens with one attached hydrogen (secondary N) is 2. The highest BCUT2D eigenvalue weighted by Gasteiger charge is 2.26. The van der Waals surface area contributed by atoms with E-state index in [1.54, 1.807) is 12.1 Å². The minimum Gasteiger partial charge on any atom is -0.371 e. The number of imide groups is 1. The van der Waals surface area contributed by atoms with Gasteiger partial charge in [0.25, 0.3) is 0 Å². The molecule has 1 aromatic heterocycles. The summed E-state index contributed by atoms with van der Waals surface area (Å²) in [7, 11) is 0. The maximum atomic E-state index is 11.5. The van der Waals surface area contributed by atoms with Gasteiger partial charge >= 0.3 is 0 Å². The first-order chi connectivity index (χ1) is 8.20. The Bertz CT molecular complexity index is 506. The Morgan fingerprint density at radius 3 is 3.06 bits per heavy atom. The molecule has 0 saturated carbocycles. The number of nitriles is 1. The fourth-order valence-corrected chi connectivity index (χ4v) is 1.63. The summed E-state index contributed by atoms with van der Waals surface area (Å²) in [4.78, 5) is 26.4. The molecular weight excluding hydrogens is 220 g/mol. The van der Waals surface area contributed by atoms with Gasteiger partial charge in [-0.25, -0.2) is 4.98 Å². The second-order valence-corrected chi connectivity index (χ2v) is 3.66. The van der Waals surface area contributed by atoms with Crippen LogP contribution >= 0.6 is 0 Å². The molecule has 1 saturated heterocycles. The van der Waals surface area contributed by atoms with E-state index < -0.39 is 6.04 Å². The van der Waals surface area contributed by atoms with Crippen LogP contribution in [0.1, 0.15) is 18.5 Å². The van der Waals surface area contributed by atoms with Crippen LogP contribution in [-0.2, 0) is 9.59 Å². The molecule has 1 fully saturated rings. The lowest BCUT2D eigenvalue weighted by molar-refractivity contribution is -0.133. The van der Waals surface area contributed by atoms with Gasteiger partial charge in [-0.1, -0.05) is 0 Å². The molecule has 1 unspecified atom stereocenters. The molecule has 1 aromatic rings. The summed E-state index contributed by atoms with van der Waals surface area (Å²) >= 11 is 0. The smallest absolute Gasteiger partial charge is 0.249 e. The number of hydrogen-bond acceptors (Lipinski definition) is 5. The minimum absolute atomic E-state index is 0.234. The summed E-state index contributed by atoms with van der Waals surface area (Å²) < 4.78 is 0. The number of pyridine rings is 1. The fraction of sp³-hybridized carbons (Fsp3) is 0.273. The van der Waals surface area contributed by atoms with Crippen LogP contribution in [0.25, 0.3) is 0 Å². The molecule has 1 atom stereocenters. The van der Waals surface area contributed by atoms with E-state index in [9.17, 15) is 9.59 Å². The lowest BCUT2D eigenvalue weighted by Gasteiger charge is -2.22. The normalized spacial score (nSPS) is 19.4. The molecule has 0 aromatic carbocycles. The topological polar surface area (TPSA) is 94.9 Å². The molecule has 17 heavy (non-hydrogen) atoms. The molecule has 6 nitrogen and oxygen atoms in total. The molecule has 1 aliphatic rings. The average Bonchev–Trinajstić information content (AvgIpc) is 2.33. The second-order valence-electron chi connectivity index (χ2n) is 3.66. The number of piperidine rings is 1. The Kier molecular flexibility index (Phi) is 3.01. The SMILES string of the molecule is N#Cc1ncccc1NC1CCC(=O)NC1=O. The summed E-state index contributed by atoms with van der Waals surface area (Å²) in [5, 5.41) is 14.0. The quantitative estimate of drug-likeness (QED) is 0.706. The molecule has 2 amide bonds. The predicted octanol–water partition coefficient (Wildman–Crippen LogP) is 0.170. The highest BCUT2D eigenvalue weighted by Crippen LogP contribution is 2.15. The number of anilines is 1. The number of nitrogens with zero attached hydrogens (tertiary/aromatic N) is 2. The van der Waals surface area contributed by atoms with Gasteiger partial charge in [0.2, 0.25) is 11.8 Å². The lowest BCUT2D eigenvalue weighted by atomic mass is 10.1. The van der Waals surface area contributed by atoms with Crippen molar-refractivity contribution in [3.63, 3.8) is 0 Å². The number of rotatable bonds is 2. The van der Waals surface area contributed by atoms with Gasteiger partial charge in [0.15, 0.2) is 5.69 Å². The van der Waals surface area contributed by atoms with E-state index in [1.165, 1.54) is 6.20 Å². The highest BCUT2D eigenvalue weighted by atomic mass is 16.2. The van der Waals surface area contributed by atoms with Crippen LogP contribution in [0.5, 0.6) is 0 Å². The van der Waals surface area contributed by atoms with Gasteiger partial charge in [-0.3, -0.25) is 14.9 Å². The first kappa shape index (κ1) is 11.1. The third kappa shape index (κ3) is 2.39. The standard InChI is InChI=1S/C11H10N4O2/c12-6-9-7(2-1-5-13-9)14-8-3-4-10(16)15-11(8)17/h1-2,5,8,14H,3-4H2,(H,15,16,17). The number of amides is 2. The summed E-state index contributed by atoms with van der Waals surface area (Å²) in [6.45, 7) is 0. The summed E-state index contributed by atoms with van der Waals surface area (Å²) in [6, 6.07) is 4.79. The number of hydrogen-bond donors (Lipinski definition) is 2. The molecule has 0 bridgehead atoms. The van der Waals surface area contributed by atoms with Crippen molar-refractivity contribution in [1.29, 1.82) is 5.26 Å². The zero-order valence-electron chi connectivity index (χ0n) is 8.93. The maximum Gasteiger partial charge on any atom is 0.249 e. The van der Waals surface area contributed by atoms with Gasteiger partial charge < -0.3 is 5.32 Å². The Labute approximate surface area is 97.7 Å². The monoisotopic (exact) mass is 230 g/mol. The Morgan fingerprint density at radius 1 is 1.53 bits per heavy atom. The molecule has 2 heterocycles. The summed E-state index contributed by atoms with van der Waals surface area (Å²) in [6.07, 6.45) is 2.23. The van der Waals surface area contributed by atoms with E-state index in [2.05, 4.69) is 15.6 Å². The van der Waals surface area contributed by atoms with E-state index in [0.717, 1.165) is 0 Å². The minimum atomic E-state index is -0.496. The van der Waals surface area contributed by atoms with Crippen molar-refractivity contribution in [2.75, 3.05) is 5.32 Å². The van der Waals surface area contributed by atoms with Crippen LogP contribution < -0.4 is 10.6 Å². The zero-order chi connectivity index (χ0) is 12.3. The van der Waals surface area contributed by atoms with E-state index >= 15 is 0 Å². The van der Waals surface area contributed by atoms with Gasteiger partial charge in [-0.05, 0) is 18.6 Å². The zero-order valence-corrected chi connectivity index (χ0v) is 8.93. The van der Waals surface area contributed by atoms with Gasteiger partial charge in [0.1, 0.15) is 12.1 Å². The van der Waals surface area contributed by atoms with Gasteiger partial charge in [-0.15, -0.1) is 0 Å². The van der Waals surface area contributed by atoms with Crippen LogP contribution in [0.4, 0.5) is 5.69 Å². The number of carbonyl (C=O) groups excluding carboxylic acids is 2. The van der Waals surface area contributed by atoms with Crippen molar-refractivity contribution in [3.05, 3.63) is 24.0 Å². The number of carbonyl (C=O) groups is 2. The molecule has 2 N–H and O–H groups in total. The molecule has 0 radical (unpaired) electrons. The lowest BCUT2D eigenvalue weighted by Crippen LogP contribution is -2.47. The van der Waals surface area contributed by atoms with E-state index in [4.69, 9.17) is 5.26 Å². The van der Waals surface area contributed by atoms with E-state index in [1.807, 2.05) is 6.07 Å². The molecule has 1 aliphatic heterocycles. The van der Waals surface area contributed by atoms with E-state index in [0.29, 0.717) is 18.5 Å². The van der Waals surface area contributed by atoms with Crippen molar-refractivity contribution in [2.24, 2.45) is 0 Å². The van der Waals surface area contributed by atoms with Crippen LogP contribution in [0, 0.1) is 11.3 Å². The van der Waals surface area contributed by atoms with Crippen LogP contribution in [0.3, 0.4) is 0 Å². The average molecular weight is 230 g/mol. The van der Waals surface area contributed by atoms with E-state index in [-0.39, 0.29) is 17.5 Å². The third-order valence-electron chi connectivity index (χ3n) is 2.48. The van der Waals surface area contributed by atoms with Crippen molar-refractivity contribution in [2.45, 2.75) is 18.9 Å². The van der Waals surface area contributed by atoms with Crippen molar-refractivity contribution >= 4 is 17.5 Å². The number of aromatic nitrogens is 1. The largest absolute Gasteiger partial charge is 0.371 e. The highest BCUT2D eigenvalue weighted by molar-refractivity contribution is 6.01. The van der Waals surface area contributed by atoms with Crippen LogP contribution in [-0.4, -0.2) is 22.8 Å². The Hall–Kier alpha value is -2.42. The molecule has 6 heteroatoms. The fourth-order valence-electron chi connectivity index (χ4n) is 1.63. The first-order valence-corrected chi connectivity index (χ1v) is 5.16. The van der Waals surface area contributed by atoms with Crippen LogP contribution in [0.15, 0.2) is 18.3 Å². The first-order valence-electron chi connectivity index (χ1n) is 5.16. The maximum absolute atomic E-state index is 11.5. The Morgan fingerprint density at radius 2 is 2.35 bits per heavy atom. The second kappa shape index (κ2) is 4.61. The molecular formula is C11H10N4O2. The summed E-state index contributed by atoms with van der Waals surface area (Å²) in [5.41, 5.74) is 0.738. The van der Waals surface area contributed by atoms with Crippen LogP contribution in [0.2, 0.25) is 0 Å². The molecule has 86 valence electrons. The third-order valence-corrected chi connectivity index (χ3v) is 2.48. The summed E-state index contributed by atoms with van der Waals surface area (Å²) in [5.74, 6) is -0.631. The van der Waals surface area contributed by atoms with Crippen molar-refractivity contribution < 1.29 is 9.59 Å². The van der Waals surface area contributed by atoms with Crippen molar-refractivity contribution in [3.8, 4) is 6.07 Å². The van der Waals surface area contributed by atoms with Gasteiger partial charge in [0.05, 0.1) is 5.69 Å². The Balaban J connectivity index is 2.13. The molecule has 0 aliphatic carbocycles. The predicted molar refractivity (Wildman–Crippen MR) is 58.7 cm³/mol. The van der Waals surface area contributed by atoms with Gasteiger partial charge in [-0.2, -0.15) is 5.26 Å². The molecule has 0 spiro atoms. The molecule has 2 rings (SSSR count). The van der Waals surface area contributed by atoms with Crippen molar-refractivity contribution in [1.82, 2.24) is 10.3 Å². The van der Waals surface area contributed by atoms with Gasteiger partial charge in [0, 0.05) is 12.6 Å².